The monoisotopic (exact) mass is 199 g/mol. The van der Waals surface area contributed by atoms with Gasteiger partial charge in [0, 0.05) is 19.1 Å². The lowest BCUT2D eigenvalue weighted by atomic mass is 10.1. The third-order valence-corrected chi connectivity index (χ3v) is 2.48. The van der Waals surface area contributed by atoms with Gasteiger partial charge in [-0.05, 0) is 32.2 Å². The molecule has 4 heteroatoms. The van der Waals surface area contributed by atoms with E-state index in [2.05, 4.69) is 16.0 Å². The van der Waals surface area contributed by atoms with Crippen LogP contribution in [0, 0.1) is 0 Å². The molecular weight excluding hydrogens is 178 g/mol. The molecule has 1 saturated heterocycles. The van der Waals surface area contributed by atoms with Crippen molar-refractivity contribution in [1.82, 2.24) is 16.0 Å². The summed E-state index contributed by atoms with van der Waals surface area (Å²) >= 11 is 0. The lowest BCUT2D eigenvalue weighted by molar-refractivity contribution is 0.240. The fourth-order valence-corrected chi connectivity index (χ4v) is 1.66. The standard InChI is InChI=1S/C10H21N3O/c1-2-6-12-10(14)13-8-5-9-4-3-7-11-9/h9,11H,2-8H2,1H3,(H2,12,13,14)/t9-/m1/s1. The van der Waals surface area contributed by atoms with E-state index in [0.717, 1.165) is 32.5 Å². The summed E-state index contributed by atoms with van der Waals surface area (Å²) in [6.45, 7) is 4.70. The Hall–Kier alpha value is -0.770. The highest BCUT2D eigenvalue weighted by Crippen LogP contribution is 2.07. The summed E-state index contributed by atoms with van der Waals surface area (Å²) < 4.78 is 0. The summed E-state index contributed by atoms with van der Waals surface area (Å²) in [5, 5.41) is 9.04. The van der Waals surface area contributed by atoms with Gasteiger partial charge in [0.05, 0.1) is 0 Å². The molecule has 1 heterocycles. The number of carbonyl (C=O) groups excluding carboxylic acids is 1. The SMILES string of the molecule is CCCNC(=O)NCC[C@H]1CCCN1. The van der Waals surface area contributed by atoms with Crippen LogP contribution in [0.2, 0.25) is 0 Å². The predicted octanol–water partition coefficient (Wildman–Crippen LogP) is 0.838. The second kappa shape index (κ2) is 6.65. The van der Waals surface area contributed by atoms with Gasteiger partial charge in [-0.15, -0.1) is 0 Å². The molecule has 0 saturated carbocycles. The minimum atomic E-state index is -0.0372. The highest BCUT2D eigenvalue weighted by atomic mass is 16.2. The number of hydrogen-bond acceptors (Lipinski definition) is 2. The number of amides is 2. The lowest BCUT2D eigenvalue weighted by Gasteiger charge is -2.11. The number of carbonyl (C=O) groups is 1. The lowest BCUT2D eigenvalue weighted by Crippen LogP contribution is -2.38. The van der Waals surface area contributed by atoms with Crippen molar-refractivity contribution in [2.45, 2.75) is 38.6 Å². The molecule has 0 radical (unpaired) electrons. The van der Waals surface area contributed by atoms with Crippen molar-refractivity contribution in [1.29, 1.82) is 0 Å². The zero-order chi connectivity index (χ0) is 10.2. The van der Waals surface area contributed by atoms with E-state index in [1.807, 2.05) is 6.92 Å². The van der Waals surface area contributed by atoms with Crippen LogP contribution in [0.15, 0.2) is 0 Å². The average Bonchev–Trinajstić information content (AvgIpc) is 2.67. The van der Waals surface area contributed by atoms with Crippen molar-refractivity contribution >= 4 is 6.03 Å². The van der Waals surface area contributed by atoms with E-state index in [1.165, 1.54) is 12.8 Å². The Balaban J connectivity index is 1.94. The minimum absolute atomic E-state index is 0.0372. The number of rotatable bonds is 5. The molecule has 4 nitrogen and oxygen atoms in total. The topological polar surface area (TPSA) is 53.2 Å². The Bertz CT molecular complexity index is 167. The predicted molar refractivity (Wildman–Crippen MR) is 57.3 cm³/mol. The van der Waals surface area contributed by atoms with E-state index in [9.17, 15) is 4.79 Å². The molecule has 0 aromatic carbocycles. The molecule has 0 bridgehead atoms. The molecule has 82 valence electrons. The van der Waals surface area contributed by atoms with Gasteiger partial charge in [-0.25, -0.2) is 4.79 Å². The first-order valence-electron chi connectivity index (χ1n) is 5.58. The first-order chi connectivity index (χ1) is 6.83. The summed E-state index contributed by atoms with van der Waals surface area (Å²) in [5.74, 6) is 0. The van der Waals surface area contributed by atoms with Crippen LogP contribution < -0.4 is 16.0 Å². The maximum atomic E-state index is 11.1. The Labute approximate surface area is 85.8 Å². The molecule has 14 heavy (non-hydrogen) atoms. The van der Waals surface area contributed by atoms with Crippen molar-refractivity contribution in [2.24, 2.45) is 0 Å². The first-order valence-corrected chi connectivity index (χ1v) is 5.58. The summed E-state index contributed by atoms with van der Waals surface area (Å²) in [6.07, 6.45) is 4.54. The van der Waals surface area contributed by atoms with E-state index in [4.69, 9.17) is 0 Å². The van der Waals surface area contributed by atoms with Gasteiger partial charge >= 0.3 is 6.03 Å². The normalized spacial score (nSPS) is 20.8. The Morgan fingerprint density at radius 3 is 2.86 bits per heavy atom. The van der Waals surface area contributed by atoms with Crippen molar-refractivity contribution in [3.8, 4) is 0 Å². The summed E-state index contributed by atoms with van der Waals surface area (Å²) in [4.78, 5) is 11.1. The largest absolute Gasteiger partial charge is 0.338 e. The smallest absolute Gasteiger partial charge is 0.314 e. The van der Waals surface area contributed by atoms with Crippen LogP contribution in [0.5, 0.6) is 0 Å². The number of urea groups is 1. The Kier molecular flexibility index (Phi) is 5.37. The third kappa shape index (κ3) is 4.46. The van der Waals surface area contributed by atoms with Crippen LogP contribution in [0.4, 0.5) is 4.79 Å². The summed E-state index contributed by atoms with van der Waals surface area (Å²) in [6, 6.07) is 0.575. The highest BCUT2D eigenvalue weighted by Gasteiger charge is 2.13. The second-order valence-corrected chi connectivity index (χ2v) is 3.76. The quantitative estimate of drug-likeness (QED) is 0.614. The maximum absolute atomic E-state index is 11.1. The van der Waals surface area contributed by atoms with Gasteiger partial charge in [-0.1, -0.05) is 6.92 Å². The molecule has 1 atom stereocenters. The van der Waals surface area contributed by atoms with E-state index < -0.39 is 0 Å². The van der Waals surface area contributed by atoms with Crippen molar-refractivity contribution in [3.63, 3.8) is 0 Å². The van der Waals surface area contributed by atoms with E-state index in [-0.39, 0.29) is 6.03 Å². The van der Waals surface area contributed by atoms with Gasteiger partial charge in [0.25, 0.3) is 0 Å². The van der Waals surface area contributed by atoms with E-state index in [0.29, 0.717) is 6.04 Å². The molecule has 1 fully saturated rings. The van der Waals surface area contributed by atoms with Gasteiger partial charge in [0.15, 0.2) is 0 Å². The minimum Gasteiger partial charge on any atom is -0.338 e. The van der Waals surface area contributed by atoms with Gasteiger partial charge < -0.3 is 16.0 Å². The number of hydrogen-bond donors (Lipinski definition) is 3. The van der Waals surface area contributed by atoms with Gasteiger partial charge in [-0.2, -0.15) is 0 Å². The van der Waals surface area contributed by atoms with Gasteiger partial charge in [0.2, 0.25) is 0 Å². The number of nitrogens with one attached hydrogen (secondary N) is 3. The van der Waals surface area contributed by atoms with E-state index >= 15 is 0 Å². The summed E-state index contributed by atoms with van der Waals surface area (Å²) in [5.41, 5.74) is 0. The molecule has 0 aromatic rings. The maximum Gasteiger partial charge on any atom is 0.314 e. The van der Waals surface area contributed by atoms with E-state index in [1.54, 1.807) is 0 Å². The van der Waals surface area contributed by atoms with Crippen LogP contribution >= 0.6 is 0 Å². The molecule has 0 spiro atoms. The molecule has 0 aliphatic carbocycles. The fourth-order valence-electron chi connectivity index (χ4n) is 1.66. The van der Waals surface area contributed by atoms with Crippen molar-refractivity contribution < 1.29 is 4.79 Å². The zero-order valence-electron chi connectivity index (χ0n) is 8.94. The molecule has 0 unspecified atom stereocenters. The Morgan fingerprint density at radius 2 is 2.21 bits per heavy atom. The fraction of sp³-hybridized carbons (Fsp3) is 0.900. The highest BCUT2D eigenvalue weighted by molar-refractivity contribution is 5.73. The van der Waals surface area contributed by atoms with Gasteiger partial charge in [0.1, 0.15) is 0 Å². The van der Waals surface area contributed by atoms with Crippen LogP contribution in [0.3, 0.4) is 0 Å². The summed E-state index contributed by atoms with van der Waals surface area (Å²) in [7, 11) is 0. The van der Waals surface area contributed by atoms with Crippen LogP contribution in [-0.4, -0.2) is 31.7 Å². The van der Waals surface area contributed by atoms with Crippen molar-refractivity contribution in [2.75, 3.05) is 19.6 Å². The third-order valence-electron chi connectivity index (χ3n) is 2.48. The molecule has 3 N–H and O–H groups in total. The van der Waals surface area contributed by atoms with Gasteiger partial charge in [-0.3, -0.25) is 0 Å². The van der Waals surface area contributed by atoms with Crippen molar-refractivity contribution in [3.05, 3.63) is 0 Å². The van der Waals surface area contributed by atoms with Crippen LogP contribution in [0.25, 0.3) is 0 Å². The molecule has 1 aliphatic rings. The van der Waals surface area contributed by atoms with Crippen LogP contribution in [-0.2, 0) is 0 Å². The molecular formula is C10H21N3O. The Morgan fingerprint density at radius 1 is 1.43 bits per heavy atom. The molecule has 1 rings (SSSR count). The molecule has 0 aromatic heterocycles. The second-order valence-electron chi connectivity index (χ2n) is 3.76. The first kappa shape index (κ1) is 11.3. The van der Waals surface area contributed by atoms with Crippen LogP contribution in [0.1, 0.15) is 32.6 Å². The average molecular weight is 199 g/mol. The molecule has 1 aliphatic heterocycles. The molecule has 2 amide bonds. The zero-order valence-corrected chi connectivity index (χ0v) is 8.94.